The maximum Gasteiger partial charge on any atom is 0.187 e. The van der Waals surface area contributed by atoms with Gasteiger partial charge in [-0.2, -0.15) is 0 Å². The fraction of sp³-hybridized carbons (Fsp3) is 1.00. The molecule has 0 radical (unpaired) electrons. The number of rotatable bonds is 9. The summed E-state index contributed by atoms with van der Waals surface area (Å²) >= 11 is 0. The Labute approximate surface area is 249 Å². The van der Waals surface area contributed by atoms with E-state index in [0.29, 0.717) is 0 Å². The lowest BCUT2D eigenvalue weighted by atomic mass is 9.95. The zero-order valence-corrected chi connectivity index (χ0v) is 23.3. The molecule has 20 nitrogen and oxygen atoms in total. The van der Waals surface area contributed by atoms with Crippen LogP contribution in [0.4, 0.5) is 0 Å². The van der Waals surface area contributed by atoms with Crippen LogP contribution in [0, 0.1) is 0 Å². The zero-order valence-electron chi connectivity index (χ0n) is 23.3. The summed E-state index contributed by atoms with van der Waals surface area (Å²) in [6.07, 6.45) is -33.8. The van der Waals surface area contributed by atoms with Crippen LogP contribution in [0.2, 0.25) is 0 Å². The molecule has 0 amide bonds. The highest BCUT2D eigenvalue weighted by Gasteiger charge is 2.54. The Kier molecular flexibility index (Phi) is 12.3. The molecule has 0 bridgehead atoms. The summed E-state index contributed by atoms with van der Waals surface area (Å²) in [6, 6.07) is 0. The number of hydrogen-bond donors (Lipinski definition) is 13. The van der Waals surface area contributed by atoms with E-state index in [-0.39, 0.29) is 0 Å². The molecule has 4 aliphatic heterocycles. The largest absolute Gasteiger partial charge is 0.394 e. The van der Waals surface area contributed by atoms with Gasteiger partial charge in [0.1, 0.15) is 91.6 Å². The maximum atomic E-state index is 10.9. The molecular formula is C24H42O20. The highest BCUT2D eigenvalue weighted by atomic mass is 16.8. The van der Waals surface area contributed by atoms with Crippen molar-refractivity contribution in [3.63, 3.8) is 0 Å². The Hall–Kier alpha value is -0.800. The van der Waals surface area contributed by atoms with Gasteiger partial charge in [0.2, 0.25) is 0 Å². The fourth-order valence-electron chi connectivity index (χ4n) is 5.49. The second-order valence-electron chi connectivity index (χ2n) is 11.1. The second-order valence-corrected chi connectivity index (χ2v) is 11.1. The molecule has 0 aromatic carbocycles. The Balaban J connectivity index is 1.43. The molecule has 0 unspecified atom stereocenters. The van der Waals surface area contributed by atoms with Gasteiger partial charge >= 0.3 is 0 Å². The first-order valence-electron chi connectivity index (χ1n) is 14.0. The lowest BCUT2D eigenvalue weighted by molar-refractivity contribution is -0.387. The van der Waals surface area contributed by atoms with Crippen molar-refractivity contribution in [2.24, 2.45) is 0 Å². The van der Waals surface area contributed by atoms with Gasteiger partial charge in [0, 0.05) is 0 Å². The first-order chi connectivity index (χ1) is 20.7. The average molecular weight is 651 g/mol. The molecule has 4 heterocycles. The van der Waals surface area contributed by atoms with E-state index in [9.17, 15) is 66.4 Å². The molecule has 20 heteroatoms. The lowest BCUT2D eigenvalue weighted by Crippen LogP contribution is -2.67. The van der Waals surface area contributed by atoms with Crippen molar-refractivity contribution in [2.45, 2.75) is 130 Å². The van der Waals surface area contributed by atoms with E-state index in [1.165, 1.54) is 6.92 Å². The molecule has 0 spiro atoms. The van der Waals surface area contributed by atoms with Gasteiger partial charge in [-0.25, -0.2) is 0 Å². The van der Waals surface area contributed by atoms with Crippen LogP contribution in [-0.4, -0.2) is 209 Å². The SMILES string of the molecule is C[C@@H]1O[C@@H](O[C@@H]2[C@H](O)[C@@H](O)[C@@H](O[C@@H]3[C@H](O)[C@@H](O)[C@H](O[C@H]4[C@H](O)[C@@H](O)[C@H](O)O[C@@H]4CO)O[C@@H]3CO)O[C@@H]2CO)[C@@H](O)[C@H](O)[C@@H]1O. The van der Waals surface area contributed by atoms with Crippen LogP contribution in [0.25, 0.3) is 0 Å². The highest BCUT2D eigenvalue weighted by Crippen LogP contribution is 2.34. The Morgan fingerprint density at radius 3 is 1.16 bits per heavy atom. The monoisotopic (exact) mass is 650 g/mol. The number of ether oxygens (including phenoxy) is 7. The van der Waals surface area contributed by atoms with Crippen LogP contribution in [0.15, 0.2) is 0 Å². The van der Waals surface area contributed by atoms with Gasteiger partial charge in [0.15, 0.2) is 25.2 Å². The van der Waals surface area contributed by atoms with Gasteiger partial charge in [-0.3, -0.25) is 0 Å². The predicted octanol–water partition coefficient (Wildman–Crippen LogP) is -8.72. The lowest BCUT2D eigenvalue weighted by Gasteiger charge is -2.48. The first kappa shape index (κ1) is 36.0. The van der Waals surface area contributed by atoms with Crippen molar-refractivity contribution in [3.8, 4) is 0 Å². The summed E-state index contributed by atoms with van der Waals surface area (Å²) in [5.74, 6) is 0. The Morgan fingerprint density at radius 1 is 0.409 bits per heavy atom. The molecule has 0 aromatic rings. The zero-order chi connectivity index (χ0) is 32.6. The third-order valence-electron chi connectivity index (χ3n) is 8.16. The number of aliphatic hydroxyl groups excluding tert-OH is 13. The second kappa shape index (κ2) is 15.0. The smallest absolute Gasteiger partial charge is 0.187 e. The van der Waals surface area contributed by atoms with Crippen LogP contribution in [0.5, 0.6) is 0 Å². The third-order valence-corrected chi connectivity index (χ3v) is 8.16. The van der Waals surface area contributed by atoms with Gasteiger partial charge in [-0.15, -0.1) is 0 Å². The van der Waals surface area contributed by atoms with Crippen LogP contribution < -0.4 is 0 Å². The van der Waals surface area contributed by atoms with Gasteiger partial charge in [0.25, 0.3) is 0 Å². The summed E-state index contributed by atoms with van der Waals surface area (Å²) in [7, 11) is 0. The van der Waals surface area contributed by atoms with E-state index >= 15 is 0 Å². The van der Waals surface area contributed by atoms with Gasteiger partial charge < -0.3 is 99.5 Å². The fourth-order valence-corrected chi connectivity index (χ4v) is 5.49. The summed E-state index contributed by atoms with van der Waals surface area (Å²) in [5, 5.41) is 133. The van der Waals surface area contributed by atoms with E-state index in [2.05, 4.69) is 0 Å². The Morgan fingerprint density at radius 2 is 0.750 bits per heavy atom. The van der Waals surface area contributed by atoms with Crippen LogP contribution in [0.3, 0.4) is 0 Å². The molecule has 4 fully saturated rings. The average Bonchev–Trinajstić information content (AvgIpc) is 3.01. The minimum absolute atomic E-state index is 0.796. The van der Waals surface area contributed by atoms with Crippen molar-refractivity contribution in [2.75, 3.05) is 19.8 Å². The predicted molar refractivity (Wildman–Crippen MR) is 132 cm³/mol. The van der Waals surface area contributed by atoms with Crippen LogP contribution in [0.1, 0.15) is 6.92 Å². The topological polar surface area (TPSA) is 328 Å². The first-order valence-corrected chi connectivity index (χ1v) is 14.0. The van der Waals surface area contributed by atoms with E-state index in [1.807, 2.05) is 0 Å². The van der Waals surface area contributed by atoms with E-state index in [1.54, 1.807) is 0 Å². The van der Waals surface area contributed by atoms with E-state index < -0.39 is 143 Å². The van der Waals surface area contributed by atoms with E-state index in [0.717, 1.165) is 0 Å². The minimum atomic E-state index is -1.98. The molecule has 4 rings (SSSR count). The molecule has 4 saturated heterocycles. The molecule has 4 aliphatic rings. The molecule has 44 heavy (non-hydrogen) atoms. The van der Waals surface area contributed by atoms with Crippen LogP contribution >= 0.6 is 0 Å². The Bertz CT molecular complexity index is 896. The van der Waals surface area contributed by atoms with Gasteiger partial charge in [0.05, 0.1) is 25.9 Å². The van der Waals surface area contributed by atoms with Crippen molar-refractivity contribution in [1.29, 1.82) is 0 Å². The molecule has 0 saturated carbocycles. The minimum Gasteiger partial charge on any atom is -0.394 e. The molecule has 0 aliphatic carbocycles. The van der Waals surface area contributed by atoms with Crippen molar-refractivity contribution in [1.82, 2.24) is 0 Å². The summed E-state index contributed by atoms with van der Waals surface area (Å²) in [5.41, 5.74) is 0. The highest BCUT2D eigenvalue weighted by molar-refractivity contribution is 4.97. The molecule has 258 valence electrons. The quantitative estimate of drug-likeness (QED) is 0.110. The van der Waals surface area contributed by atoms with Crippen LogP contribution in [-0.2, 0) is 33.2 Å². The van der Waals surface area contributed by atoms with Crippen molar-refractivity contribution < 1.29 is 99.5 Å². The number of hydrogen-bond acceptors (Lipinski definition) is 20. The van der Waals surface area contributed by atoms with Gasteiger partial charge in [-0.1, -0.05) is 0 Å². The maximum absolute atomic E-state index is 10.9. The van der Waals surface area contributed by atoms with Crippen molar-refractivity contribution in [3.05, 3.63) is 0 Å². The standard InChI is InChI=1S/C24H42O20/c1-5-9(28)10(29)15(34)22(38-5)42-19-7(3-26)40-24(16(35)12(19)31)44-20-8(4-27)41-23(17(36)13(20)32)43-18-6(2-25)39-21(37)14(33)11(18)30/h5-37H,2-4H2,1H3/t5-,6+,7+,8+,9+,10+,11+,12+,13+,14+,15-,16+,17+,18+,19-,20-,21+,22-,23-,24+/m0/s1. The molecule has 13 N–H and O–H groups in total. The summed E-state index contributed by atoms with van der Waals surface area (Å²) in [6.45, 7) is -1.14. The third kappa shape index (κ3) is 7.05. The molecular weight excluding hydrogens is 608 g/mol. The molecule has 20 atom stereocenters. The summed E-state index contributed by atoms with van der Waals surface area (Å²) < 4.78 is 37.9. The van der Waals surface area contributed by atoms with Gasteiger partial charge in [-0.05, 0) is 6.92 Å². The summed E-state index contributed by atoms with van der Waals surface area (Å²) in [4.78, 5) is 0. The van der Waals surface area contributed by atoms with E-state index in [4.69, 9.17) is 33.2 Å². The number of aliphatic hydroxyl groups is 13. The normalized spacial score (nSPS) is 53.9. The van der Waals surface area contributed by atoms with Crippen molar-refractivity contribution >= 4 is 0 Å². The molecule has 0 aromatic heterocycles.